The van der Waals surface area contributed by atoms with Crippen LogP contribution in [0, 0.1) is 38.5 Å². The zero-order valence-electron chi connectivity index (χ0n) is 17.8. The van der Waals surface area contributed by atoms with Crippen molar-refractivity contribution in [2.24, 2.45) is 0 Å². The van der Waals surface area contributed by atoms with Gasteiger partial charge in [-0.3, -0.25) is 25.0 Å². The molecule has 1 N–H and O–H groups in total. The van der Waals surface area contributed by atoms with Crippen LogP contribution in [0.25, 0.3) is 6.08 Å². The molecular formula is C23H14Cl2N4O6. The molecule has 0 bridgehead atoms. The number of carbonyl (C=O) groups is 1. The maximum Gasteiger partial charge on any atom is 0.318 e. The number of hydrogen-bond acceptors (Lipinski definition) is 7. The molecule has 1 amide bonds. The lowest BCUT2D eigenvalue weighted by Crippen LogP contribution is -2.13. The van der Waals surface area contributed by atoms with E-state index in [2.05, 4.69) is 5.32 Å². The van der Waals surface area contributed by atoms with E-state index < -0.39 is 27.1 Å². The Kier molecular flexibility index (Phi) is 7.66. The van der Waals surface area contributed by atoms with Gasteiger partial charge in [0.15, 0.2) is 5.75 Å². The van der Waals surface area contributed by atoms with E-state index in [0.717, 1.165) is 23.8 Å². The van der Waals surface area contributed by atoms with Gasteiger partial charge in [0.05, 0.1) is 26.0 Å². The summed E-state index contributed by atoms with van der Waals surface area (Å²) < 4.78 is 5.50. The fourth-order valence-electron chi connectivity index (χ4n) is 2.87. The molecular weight excluding hydrogens is 499 g/mol. The summed E-state index contributed by atoms with van der Waals surface area (Å²) in [5, 5.41) is 34.1. The third kappa shape index (κ3) is 6.11. The van der Waals surface area contributed by atoms with E-state index >= 15 is 0 Å². The third-order valence-corrected chi connectivity index (χ3v) is 5.13. The number of nitro benzene ring substituents is 2. The molecule has 0 aromatic heterocycles. The van der Waals surface area contributed by atoms with E-state index in [1.54, 1.807) is 24.3 Å². The number of aryl methyl sites for hydroxylation is 1. The molecule has 0 saturated carbocycles. The molecule has 0 fully saturated rings. The Labute approximate surface area is 208 Å². The van der Waals surface area contributed by atoms with Crippen LogP contribution in [0.4, 0.5) is 17.1 Å². The Bertz CT molecular complexity index is 1390. The molecule has 3 aromatic rings. The van der Waals surface area contributed by atoms with Crippen molar-refractivity contribution in [2.75, 3.05) is 5.32 Å². The van der Waals surface area contributed by atoms with Crippen molar-refractivity contribution in [3.05, 3.63) is 102 Å². The van der Waals surface area contributed by atoms with Gasteiger partial charge in [-0.25, -0.2) is 0 Å². The normalized spacial score (nSPS) is 10.9. The Hall–Kier alpha value is -4.46. The second kappa shape index (κ2) is 10.6. The van der Waals surface area contributed by atoms with Crippen LogP contribution in [-0.4, -0.2) is 15.8 Å². The van der Waals surface area contributed by atoms with Gasteiger partial charge in [0.2, 0.25) is 5.75 Å². The molecule has 0 spiro atoms. The highest BCUT2D eigenvalue weighted by molar-refractivity contribution is 6.37. The average Bonchev–Trinajstić information content (AvgIpc) is 2.81. The molecule has 0 radical (unpaired) electrons. The van der Waals surface area contributed by atoms with Crippen LogP contribution in [0.15, 0.2) is 60.2 Å². The molecule has 0 aliphatic carbocycles. The number of nitrogens with zero attached hydrogens (tertiary/aromatic N) is 3. The van der Waals surface area contributed by atoms with Crippen molar-refractivity contribution >= 4 is 52.2 Å². The summed E-state index contributed by atoms with van der Waals surface area (Å²) in [6, 6.07) is 14.3. The largest absolute Gasteiger partial charge is 0.447 e. The third-order valence-electron chi connectivity index (χ3n) is 4.57. The minimum absolute atomic E-state index is 0.0763. The molecule has 3 rings (SSSR count). The number of hydrogen-bond donors (Lipinski definition) is 1. The summed E-state index contributed by atoms with van der Waals surface area (Å²) in [5.74, 6) is -1.11. The maximum absolute atomic E-state index is 12.5. The van der Waals surface area contributed by atoms with Gasteiger partial charge in [0, 0.05) is 11.8 Å². The van der Waals surface area contributed by atoms with Crippen molar-refractivity contribution in [1.82, 2.24) is 0 Å². The van der Waals surface area contributed by atoms with Gasteiger partial charge in [-0.2, -0.15) is 5.26 Å². The van der Waals surface area contributed by atoms with Crippen molar-refractivity contribution < 1.29 is 19.4 Å². The summed E-state index contributed by atoms with van der Waals surface area (Å²) >= 11 is 12.5. The second-order valence-electron chi connectivity index (χ2n) is 7.07. The van der Waals surface area contributed by atoms with Gasteiger partial charge >= 0.3 is 5.69 Å². The van der Waals surface area contributed by atoms with Gasteiger partial charge in [-0.05, 0) is 48.9 Å². The van der Waals surface area contributed by atoms with Crippen molar-refractivity contribution in [3.63, 3.8) is 0 Å². The van der Waals surface area contributed by atoms with Crippen LogP contribution in [0.1, 0.15) is 11.1 Å². The number of benzene rings is 3. The lowest BCUT2D eigenvalue weighted by Gasteiger charge is -2.11. The first-order valence-electron chi connectivity index (χ1n) is 9.68. The van der Waals surface area contributed by atoms with Gasteiger partial charge in [-0.15, -0.1) is 0 Å². The van der Waals surface area contributed by atoms with Crippen LogP contribution in [-0.2, 0) is 4.79 Å². The molecule has 0 unspecified atom stereocenters. The van der Waals surface area contributed by atoms with Gasteiger partial charge in [-0.1, -0.05) is 40.9 Å². The minimum atomic E-state index is -0.840. The molecule has 12 heteroatoms. The minimum Gasteiger partial charge on any atom is -0.447 e. The van der Waals surface area contributed by atoms with Crippen molar-refractivity contribution in [3.8, 4) is 17.6 Å². The highest BCUT2D eigenvalue weighted by Crippen LogP contribution is 2.41. The summed E-state index contributed by atoms with van der Waals surface area (Å²) in [6.45, 7) is 1.90. The predicted molar refractivity (Wildman–Crippen MR) is 130 cm³/mol. The summed E-state index contributed by atoms with van der Waals surface area (Å²) in [5.41, 5.74) is 0.430. The Morgan fingerprint density at radius 1 is 1.03 bits per heavy atom. The Balaban J connectivity index is 1.89. The van der Waals surface area contributed by atoms with E-state index in [0.29, 0.717) is 11.3 Å². The quantitative estimate of drug-likeness (QED) is 0.165. The highest BCUT2D eigenvalue weighted by atomic mass is 35.5. The van der Waals surface area contributed by atoms with Crippen LogP contribution < -0.4 is 10.1 Å². The molecule has 0 heterocycles. The standard InChI is InChI=1S/C23H14Cl2N4O6/c1-13-2-4-16(5-3-13)27-23(30)15(12-26)8-14-9-18(24)22(19(25)10-14)35-21-7-6-17(28(31)32)11-20(21)29(33)34/h2-11H,1H3,(H,27,30)/b15-8+. The van der Waals surface area contributed by atoms with Crippen LogP contribution in [0.3, 0.4) is 0 Å². The first-order chi connectivity index (χ1) is 16.6. The number of ether oxygens (including phenoxy) is 1. The number of nitrogens with one attached hydrogen (secondary N) is 1. The lowest BCUT2D eigenvalue weighted by atomic mass is 10.1. The Morgan fingerprint density at radius 2 is 1.66 bits per heavy atom. The van der Waals surface area contributed by atoms with Crippen LogP contribution >= 0.6 is 23.2 Å². The molecule has 176 valence electrons. The SMILES string of the molecule is Cc1ccc(NC(=O)/C(C#N)=C/c2cc(Cl)c(Oc3ccc([N+](=O)[O-])cc3[N+](=O)[O-])c(Cl)c2)cc1. The number of halogens is 2. The number of anilines is 1. The van der Waals surface area contributed by atoms with Gasteiger partial charge < -0.3 is 10.1 Å². The number of carbonyl (C=O) groups excluding carboxylic acids is 1. The summed E-state index contributed by atoms with van der Waals surface area (Å²) in [4.78, 5) is 33.1. The van der Waals surface area contributed by atoms with Crippen molar-refractivity contribution in [2.45, 2.75) is 6.92 Å². The van der Waals surface area contributed by atoms with E-state index in [-0.39, 0.29) is 27.1 Å². The molecule has 0 saturated heterocycles. The van der Waals surface area contributed by atoms with E-state index in [1.807, 2.05) is 13.0 Å². The number of amides is 1. The molecule has 10 nitrogen and oxygen atoms in total. The average molecular weight is 513 g/mol. The molecule has 0 aliphatic rings. The first kappa shape index (κ1) is 25.2. The first-order valence-corrected chi connectivity index (χ1v) is 10.4. The van der Waals surface area contributed by atoms with E-state index in [9.17, 15) is 30.3 Å². The van der Waals surface area contributed by atoms with Crippen LogP contribution in [0.5, 0.6) is 11.5 Å². The monoisotopic (exact) mass is 512 g/mol. The number of rotatable bonds is 7. The highest BCUT2D eigenvalue weighted by Gasteiger charge is 2.23. The fourth-order valence-corrected chi connectivity index (χ4v) is 3.45. The lowest BCUT2D eigenvalue weighted by molar-refractivity contribution is -0.394. The Morgan fingerprint density at radius 3 is 2.20 bits per heavy atom. The molecule has 35 heavy (non-hydrogen) atoms. The zero-order valence-corrected chi connectivity index (χ0v) is 19.3. The molecule has 0 aliphatic heterocycles. The molecule has 3 aromatic carbocycles. The predicted octanol–water partition coefficient (Wildman–Crippen LogP) is 6.46. The van der Waals surface area contributed by atoms with Gasteiger partial charge in [0.25, 0.3) is 11.6 Å². The summed E-state index contributed by atoms with van der Waals surface area (Å²) in [7, 11) is 0. The van der Waals surface area contributed by atoms with Crippen molar-refractivity contribution in [1.29, 1.82) is 5.26 Å². The van der Waals surface area contributed by atoms with Crippen LogP contribution in [0.2, 0.25) is 10.0 Å². The fraction of sp³-hybridized carbons (Fsp3) is 0.0435. The van der Waals surface area contributed by atoms with E-state index in [1.165, 1.54) is 18.2 Å². The van der Waals surface area contributed by atoms with E-state index in [4.69, 9.17) is 27.9 Å². The second-order valence-corrected chi connectivity index (χ2v) is 7.89. The molecule has 0 atom stereocenters. The number of non-ortho nitro benzene ring substituents is 1. The zero-order chi connectivity index (χ0) is 25.7. The number of nitriles is 1. The number of nitro groups is 2. The summed E-state index contributed by atoms with van der Waals surface area (Å²) in [6.07, 6.45) is 1.26. The van der Waals surface area contributed by atoms with Gasteiger partial charge in [0.1, 0.15) is 11.6 Å². The topological polar surface area (TPSA) is 148 Å². The maximum atomic E-state index is 12.5. The smallest absolute Gasteiger partial charge is 0.318 e.